The van der Waals surface area contributed by atoms with E-state index in [1.54, 1.807) is 0 Å². The van der Waals surface area contributed by atoms with E-state index in [-0.39, 0.29) is 0 Å². The van der Waals surface area contributed by atoms with Gasteiger partial charge in [-0.1, -0.05) is 27.7 Å². The van der Waals surface area contributed by atoms with Crippen molar-refractivity contribution in [1.29, 1.82) is 0 Å². The minimum absolute atomic E-state index is 0.445. The normalized spacial score (nSPS) is 11.4. The van der Waals surface area contributed by atoms with Gasteiger partial charge in [0.25, 0.3) is 0 Å². The van der Waals surface area contributed by atoms with Crippen molar-refractivity contribution in [2.45, 2.75) is 54.9 Å². The van der Waals surface area contributed by atoms with E-state index in [0.717, 1.165) is 34.4 Å². The topological polar surface area (TPSA) is 29.5 Å². The lowest BCUT2D eigenvalue weighted by atomic mass is 9.92. The molecule has 1 aromatic carbocycles. The fourth-order valence-electron chi connectivity index (χ4n) is 2.29. The van der Waals surface area contributed by atoms with Crippen LogP contribution in [0.5, 0.6) is 11.5 Å². The third-order valence-electron chi connectivity index (χ3n) is 3.51. The van der Waals surface area contributed by atoms with E-state index in [4.69, 9.17) is 4.74 Å². The Balaban J connectivity index is 3.26. The number of phenolic OH excluding ortho intramolecular Hbond substituents is 1. The van der Waals surface area contributed by atoms with Gasteiger partial charge in [-0.15, -0.1) is 0 Å². The molecule has 0 heterocycles. The van der Waals surface area contributed by atoms with Crippen molar-refractivity contribution < 1.29 is 9.84 Å². The van der Waals surface area contributed by atoms with Crippen LogP contribution in [0.2, 0.25) is 0 Å². The second kappa shape index (κ2) is 6.31. The third-order valence-corrected chi connectivity index (χ3v) is 3.51. The van der Waals surface area contributed by atoms with Crippen LogP contribution in [0.25, 0.3) is 0 Å². The summed E-state index contributed by atoms with van der Waals surface area (Å²) in [7, 11) is 0. The summed E-state index contributed by atoms with van der Waals surface area (Å²) in [5.41, 5.74) is 4.13. The second-order valence-electron chi connectivity index (χ2n) is 6.33. The summed E-state index contributed by atoms with van der Waals surface area (Å²) in [4.78, 5) is 0. The molecule has 0 spiro atoms. The Hall–Kier alpha value is -1.18. The molecule has 19 heavy (non-hydrogen) atoms. The molecule has 2 nitrogen and oxygen atoms in total. The molecule has 0 aliphatic heterocycles. The van der Waals surface area contributed by atoms with E-state index in [2.05, 4.69) is 34.6 Å². The molecule has 0 fully saturated rings. The van der Waals surface area contributed by atoms with Crippen molar-refractivity contribution in [2.75, 3.05) is 6.61 Å². The number of hydrogen-bond acceptors (Lipinski definition) is 2. The molecule has 1 N–H and O–H groups in total. The van der Waals surface area contributed by atoms with Crippen molar-refractivity contribution in [2.24, 2.45) is 11.8 Å². The minimum Gasteiger partial charge on any atom is -0.507 e. The van der Waals surface area contributed by atoms with Gasteiger partial charge < -0.3 is 9.84 Å². The fourth-order valence-corrected chi connectivity index (χ4v) is 2.29. The van der Waals surface area contributed by atoms with Gasteiger partial charge in [0.05, 0.1) is 6.61 Å². The molecular formula is C17H28O2. The van der Waals surface area contributed by atoms with Crippen molar-refractivity contribution in [3.63, 3.8) is 0 Å². The van der Waals surface area contributed by atoms with Gasteiger partial charge in [-0.2, -0.15) is 0 Å². The smallest absolute Gasteiger partial charge is 0.125 e. The van der Waals surface area contributed by atoms with Gasteiger partial charge in [-0.05, 0) is 55.7 Å². The fraction of sp³-hybridized carbons (Fsp3) is 0.647. The Labute approximate surface area is 117 Å². The molecule has 0 aliphatic rings. The van der Waals surface area contributed by atoms with Gasteiger partial charge in [0.1, 0.15) is 11.5 Å². The number of ether oxygens (including phenoxy) is 1. The SMILES string of the molecule is Cc1c(C)c(OCC(C)C)c(C)c(CC(C)C)c1O. The zero-order chi connectivity index (χ0) is 14.7. The van der Waals surface area contributed by atoms with E-state index >= 15 is 0 Å². The van der Waals surface area contributed by atoms with Crippen molar-refractivity contribution in [3.8, 4) is 11.5 Å². The highest BCUT2D eigenvalue weighted by molar-refractivity contribution is 5.57. The number of benzene rings is 1. The van der Waals surface area contributed by atoms with Gasteiger partial charge in [0, 0.05) is 5.56 Å². The Morgan fingerprint density at radius 3 is 1.95 bits per heavy atom. The van der Waals surface area contributed by atoms with E-state index in [1.165, 1.54) is 0 Å². The summed E-state index contributed by atoms with van der Waals surface area (Å²) in [6.07, 6.45) is 0.886. The van der Waals surface area contributed by atoms with Crippen LogP contribution in [0.15, 0.2) is 0 Å². The van der Waals surface area contributed by atoms with Crippen molar-refractivity contribution >= 4 is 0 Å². The lowest BCUT2D eigenvalue weighted by Crippen LogP contribution is -2.09. The van der Waals surface area contributed by atoms with Crippen LogP contribution in [0.1, 0.15) is 49.9 Å². The summed E-state index contributed by atoms with van der Waals surface area (Å²) in [5.74, 6) is 2.42. The lowest BCUT2D eigenvalue weighted by molar-refractivity contribution is 0.266. The Morgan fingerprint density at radius 1 is 0.895 bits per heavy atom. The maximum absolute atomic E-state index is 10.4. The van der Waals surface area contributed by atoms with Crippen LogP contribution in [0.3, 0.4) is 0 Å². The first-order valence-electron chi connectivity index (χ1n) is 7.20. The van der Waals surface area contributed by atoms with Gasteiger partial charge in [-0.3, -0.25) is 0 Å². The summed E-state index contributed by atoms with van der Waals surface area (Å²) in [6, 6.07) is 0. The molecule has 0 aromatic heterocycles. The van der Waals surface area contributed by atoms with Crippen LogP contribution in [0.4, 0.5) is 0 Å². The van der Waals surface area contributed by atoms with E-state index in [0.29, 0.717) is 24.2 Å². The molecule has 0 radical (unpaired) electrons. The molecule has 108 valence electrons. The molecule has 0 amide bonds. The first-order valence-corrected chi connectivity index (χ1v) is 7.20. The standard InChI is InChI=1S/C17H28O2/c1-10(2)8-15-14(7)17(19-9-11(3)4)13(6)12(5)16(15)18/h10-11,18H,8-9H2,1-7H3. The predicted octanol–water partition coefficient (Wildman–Crippen LogP) is 4.55. The van der Waals surface area contributed by atoms with Crippen LogP contribution in [0, 0.1) is 32.6 Å². The highest BCUT2D eigenvalue weighted by Gasteiger charge is 2.18. The highest BCUT2D eigenvalue weighted by atomic mass is 16.5. The van der Waals surface area contributed by atoms with E-state index < -0.39 is 0 Å². The summed E-state index contributed by atoms with van der Waals surface area (Å²) in [5, 5.41) is 10.4. The largest absolute Gasteiger partial charge is 0.507 e. The van der Waals surface area contributed by atoms with Crippen LogP contribution >= 0.6 is 0 Å². The molecule has 1 rings (SSSR count). The zero-order valence-corrected chi connectivity index (χ0v) is 13.4. The average molecular weight is 264 g/mol. The van der Waals surface area contributed by atoms with Gasteiger partial charge >= 0.3 is 0 Å². The number of aromatic hydroxyl groups is 1. The zero-order valence-electron chi connectivity index (χ0n) is 13.4. The van der Waals surface area contributed by atoms with Gasteiger partial charge in [-0.25, -0.2) is 0 Å². The Bertz CT molecular complexity index is 445. The predicted molar refractivity (Wildman–Crippen MR) is 81.2 cm³/mol. The quantitative estimate of drug-likeness (QED) is 0.845. The molecule has 1 aromatic rings. The summed E-state index contributed by atoms with van der Waals surface area (Å²) >= 11 is 0. The molecule has 0 aliphatic carbocycles. The van der Waals surface area contributed by atoms with Crippen molar-refractivity contribution in [1.82, 2.24) is 0 Å². The molecular weight excluding hydrogens is 236 g/mol. The Kier molecular flexibility index (Phi) is 5.28. The first kappa shape index (κ1) is 15.9. The summed E-state index contributed by atoms with van der Waals surface area (Å²) < 4.78 is 5.98. The molecule has 0 atom stereocenters. The molecule has 0 saturated carbocycles. The van der Waals surface area contributed by atoms with E-state index in [1.807, 2.05) is 13.8 Å². The second-order valence-corrected chi connectivity index (χ2v) is 6.33. The minimum atomic E-state index is 0.445. The molecule has 2 heteroatoms. The highest BCUT2D eigenvalue weighted by Crippen LogP contribution is 2.38. The average Bonchev–Trinajstić information content (AvgIpc) is 2.31. The first-order chi connectivity index (χ1) is 8.75. The Morgan fingerprint density at radius 2 is 1.47 bits per heavy atom. The monoisotopic (exact) mass is 264 g/mol. The molecule has 0 unspecified atom stereocenters. The maximum Gasteiger partial charge on any atom is 0.125 e. The summed E-state index contributed by atoms with van der Waals surface area (Å²) in [6.45, 7) is 15.4. The molecule has 0 saturated heterocycles. The third kappa shape index (κ3) is 3.65. The van der Waals surface area contributed by atoms with Crippen LogP contribution in [-0.4, -0.2) is 11.7 Å². The number of hydrogen-bond donors (Lipinski definition) is 1. The van der Waals surface area contributed by atoms with E-state index in [9.17, 15) is 5.11 Å². The maximum atomic E-state index is 10.4. The van der Waals surface area contributed by atoms with Crippen molar-refractivity contribution in [3.05, 3.63) is 22.3 Å². The number of phenols is 1. The van der Waals surface area contributed by atoms with Crippen LogP contribution < -0.4 is 4.74 Å². The van der Waals surface area contributed by atoms with Crippen LogP contribution in [-0.2, 0) is 6.42 Å². The van der Waals surface area contributed by atoms with Gasteiger partial charge in [0.15, 0.2) is 0 Å². The lowest BCUT2D eigenvalue weighted by Gasteiger charge is -2.21. The number of rotatable bonds is 5. The van der Waals surface area contributed by atoms with Gasteiger partial charge in [0.2, 0.25) is 0 Å². The molecule has 0 bridgehead atoms.